The summed E-state index contributed by atoms with van der Waals surface area (Å²) < 4.78 is 4.89. The lowest BCUT2D eigenvalue weighted by Crippen LogP contribution is -2.04. The van der Waals surface area contributed by atoms with Crippen molar-refractivity contribution in [2.75, 3.05) is 12.4 Å². The molecule has 2 aromatic rings. The van der Waals surface area contributed by atoms with E-state index >= 15 is 0 Å². The maximum Gasteiger partial charge on any atom is 0.306 e. The Balaban J connectivity index is 2.04. The van der Waals surface area contributed by atoms with E-state index in [1.807, 2.05) is 24.3 Å². The van der Waals surface area contributed by atoms with Gasteiger partial charge in [0, 0.05) is 23.0 Å². The molecule has 0 aliphatic carbocycles. The lowest BCUT2D eigenvalue weighted by atomic mass is 10.3. The van der Waals surface area contributed by atoms with E-state index in [0.717, 1.165) is 4.90 Å². The van der Waals surface area contributed by atoms with Crippen LogP contribution in [0.1, 0.15) is 24.7 Å². The van der Waals surface area contributed by atoms with Crippen molar-refractivity contribution in [2.45, 2.75) is 18.2 Å². The van der Waals surface area contributed by atoms with Crippen LogP contribution in [-0.4, -0.2) is 28.3 Å². The van der Waals surface area contributed by atoms with Gasteiger partial charge < -0.3 is 4.74 Å². The molecule has 0 N–H and O–H groups in total. The average Bonchev–Trinajstić information content (AvgIpc) is 2.56. The smallest absolute Gasteiger partial charge is 0.306 e. The summed E-state index contributed by atoms with van der Waals surface area (Å²) in [5, 5.41) is 0.491. The quantitative estimate of drug-likeness (QED) is 0.470. The van der Waals surface area contributed by atoms with Crippen LogP contribution in [0.4, 0.5) is 0 Å². The molecule has 0 aliphatic heterocycles. The van der Waals surface area contributed by atoms with E-state index < -0.39 is 0 Å². The van der Waals surface area contributed by atoms with Gasteiger partial charge in [-0.2, -0.15) is 0 Å². The summed E-state index contributed by atoms with van der Waals surface area (Å²) in [5.74, 6) is 6.24. The third-order valence-corrected chi connectivity index (χ3v) is 4.25. The lowest BCUT2D eigenvalue weighted by Gasteiger charge is -2.05. The number of esters is 1. The maximum atomic E-state index is 11.3. The summed E-state index contributed by atoms with van der Waals surface area (Å²) >= 11 is 7.81. The number of rotatable bonds is 5. The molecule has 2 heterocycles. The number of carbonyl (C=O) groups excluding carboxylic acids is 1. The monoisotopic (exact) mass is 346 g/mol. The van der Waals surface area contributed by atoms with E-state index in [4.69, 9.17) is 16.3 Å². The van der Waals surface area contributed by atoms with Crippen LogP contribution in [0.25, 0.3) is 0 Å². The first kappa shape index (κ1) is 17.3. The Hall–Kier alpha value is -2.03. The Morgan fingerprint density at radius 3 is 2.87 bits per heavy atom. The molecule has 4 nitrogen and oxygen atoms in total. The van der Waals surface area contributed by atoms with Crippen molar-refractivity contribution in [1.29, 1.82) is 0 Å². The summed E-state index contributed by atoms with van der Waals surface area (Å²) in [6.07, 6.45) is 3.67. The number of nitrogens with zero attached hydrogens (tertiary/aromatic N) is 2. The second-order valence-corrected chi connectivity index (χ2v) is 5.85. The van der Waals surface area contributed by atoms with Crippen LogP contribution >= 0.6 is 23.4 Å². The Morgan fingerprint density at radius 2 is 2.13 bits per heavy atom. The standard InChI is InChI=1S/C17H15ClN2O2S/c1-2-22-16(21)9-12-23-15-8-11-20-14(17(15)18)7-6-13-5-3-4-10-19-13/h3-5,8,10-11H,2,9,12H2,1H3. The number of carbonyl (C=O) groups is 1. The summed E-state index contributed by atoms with van der Waals surface area (Å²) in [5.41, 5.74) is 1.16. The van der Waals surface area contributed by atoms with Gasteiger partial charge in [0.05, 0.1) is 18.1 Å². The van der Waals surface area contributed by atoms with Gasteiger partial charge in [0.15, 0.2) is 0 Å². The van der Waals surface area contributed by atoms with Gasteiger partial charge >= 0.3 is 5.97 Å². The molecule has 0 spiro atoms. The molecule has 0 aromatic carbocycles. The first-order chi connectivity index (χ1) is 11.2. The summed E-state index contributed by atoms with van der Waals surface area (Å²) in [6, 6.07) is 7.33. The van der Waals surface area contributed by atoms with E-state index in [2.05, 4.69) is 21.8 Å². The van der Waals surface area contributed by atoms with Crippen molar-refractivity contribution in [3.05, 3.63) is 53.1 Å². The van der Waals surface area contributed by atoms with Crippen molar-refractivity contribution in [3.63, 3.8) is 0 Å². The predicted molar refractivity (Wildman–Crippen MR) is 91.4 cm³/mol. The third kappa shape index (κ3) is 5.59. The fourth-order valence-electron chi connectivity index (χ4n) is 1.66. The number of pyridine rings is 2. The highest BCUT2D eigenvalue weighted by Crippen LogP contribution is 2.29. The molecule has 0 aliphatic rings. The highest BCUT2D eigenvalue weighted by Gasteiger charge is 2.08. The zero-order chi connectivity index (χ0) is 16.5. The molecule has 6 heteroatoms. The van der Waals surface area contributed by atoms with Gasteiger partial charge in [0.25, 0.3) is 0 Å². The molecule has 0 saturated carbocycles. The van der Waals surface area contributed by atoms with E-state index in [-0.39, 0.29) is 5.97 Å². The number of thioether (sulfide) groups is 1. The predicted octanol–water partition coefficient (Wildman–Crippen LogP) is 3.58. The van der Waals surface area contributed by atoms with Crippen LogP contribution in [-0.2, 0) is 9.53 Å². The number of halogens is 1. The van der Waals surface area contributed by atoms with Crippen LogP contribution in [0.5, 0.6) is 0 Å². The van der Waals surface area contributed by atoms with Crippen molar-refractivity contribution in [3.8, 4) is 11.8 Å². The van der Waals surface area contributed by atoms with Crippen LogP contribution in [0, 0.1) is 11.8 Å². The van der Waals surface area contributed by atoms with Crippen molar-refractivity contribution < 1.29 is 9.53 Å². The molecule has 0 amide bonds. The second-order valence-electron chi connectivity index (χ2n) is 4.34. The summed E-state index contributed by atoms with van der Waals surface area (Å²) in [4.78, 5) is 20.5. The van der Waals surface area contributed by atoms with Gasteiger partial charge in [-0.3, -0.25) is 4.79 Å². The Labute approximate surface area is 144 Å². The van der Waals surface area contributed by atoms with Crippen molar-refractivity contribution in [2.24, 2.45) is 0 Å². The normalized spacial score (nSPS) is 9.83. The largest absolute Gasteiger partial charge is 0.466 e. The summed E-state index contributed by atoms with van der Waals surface area (Å²) in [6.45, 7) is 2.18. The van der Waals surface area contributed by atoms with Crippen LogP contribution in [0.2, 0.25) is 5.02 Å². The molecule has 2 aromatic heterocycles. The van der Waals surface area contributed by atoms with E-state index in [9.17, 15) is 4.79 Å². The van der Waals surface area contributed by atoms with Crippen molar-refractivity contribution >= 4 is 29.3 Å². The molecule has 23 heavy (non-hydrogen) atoms. The Bertz CT molecular complexity index is 726. The van der Waals surface area contributed by atoms with Gasteiger partial charge in [-0.15, -0.1) is 11.8 Å². The highest BCUT2D eigenvalue weighted by atomic mass is 35.5. The molecule has 0 bridgehead atoms. The van der Waals surface area contributed by atoms with Gasteiger partial charge in [-0.05, 0) is 37.0 Å². The maximum absolute atomic E-state index is 11.3. The second kappa shape index (κ2) is 9.19. The van der Waals surface area contributed by atoms with Crippen LogP contribution in [0.3, 0.4) is 0 Å². The zero-order valence-electron chi connectivity index (χ0n) is 12.6. The van der Waals surface area contributed by atoms with Crippen LogP contribution in [0.15, 0.2) is 41.6 Å². The third-order valence-electron chi connectivity index (χ3n) is 2.70. The number of ether oxygens (including phenoxy) is 1. The van der Waals surface area contributed by atoms with E-state index in [1.54, 1.807) is 19.3 Å². The molecule has 0 unspecified atom stereocenters. The molecule has 0 radical (unpaired) electrons. The zero-order valence-corrected chi connectivity index (χ0v) is 14.2. The fraction of sp³-hybridized carbons (Fsp3) is 0.235. The molecule has 2 rings (SSSR count). The molecule has 0 saturated heterocycles. The summed E-state index contributed by atoms with van der Waals surface area (Å²) in [7, 11) is 0. The molecular weight excluding hydrogens is 332 g/mol. The van der Waals surface area contributed by atoms with Gasteiger partial charge in [0.1, 0.15) is 11.4 Å². The minimum atomic E-state index is -0.208. The topological polar surface area (TPSA) is 52.1 Å². The molecule has 0 fully saturated rings. The minimum absolute atomic E-state index is 0.208. The number of aromatic nitrogens is 2. The van der Waals surface area contributed by atoms with Gasteiger partial charge in [-0.1, -0.05) is 17.7 Å². The van der Waals surface area contributed by atoms with Crippen LogP contribution < -0.4 is 0 Å². The Kier molecular flexibility index (Phi) is 6.92. The van der Waals surface area contributed by atoms with Gasteiger partial charge in [-0.25, -0.2) is 9.97 Å². The highest BCUT2D eigenvalue weighted by molar-refractivity contribution is 7.99. The van der Waals surface area contributed by atoms with Crippen molar-refractivity contribution in [1.82, 2.24) is 9.97 Å². The molecule has 0 atom stereocenters. The minimum Gasteiger partial charge on any atom is -0.466 e. The first-order valence-corrected chi connectivity index (χ1v) is 8.43. The average molecular weight is 347 g/mol. The SMILES string of the molecule is CCOC(=O)CCSc1ccnc(C#Cc2ccccn2)c1Cl. The molecular formula is C17H15ClN2O2S. The number of hydrogen-bond acceptors (Lipinski definition) is 5. The first-order valence-electron chi connectivity index (χ1n) is 7.06. The fourth-order valence-corrected chi connectivity index (χ4v) is 2.85. The number of hydrogen-bond donors (Lipinski definition) is 0. The lowest BCUT2D eigenvalue weighted by molar-refractivity contribution is -0.142. The Morgan fingerprint density at radius 1 is 1.26 bits per heavy atom. The van der Waals surface area contributed by atoms with E-state index in [0.29, 0.717) is 35.2 Å². The molecule has 118 valence electrons. The van der Waals surface area contributed by atoms with E-state index in [1.165, 1.54) is 11.8 Å². The van der Waals surface area contributed by atoms with Gasteiger partial charge in [0.2, 0.25) is 0 Å².